The maximum Gasteiger partial charge on any atom is 0.129 e. The molecule has 4 heteroatoms. The molecule has 0 N–H and O–H groups in total. The van der Waals surface area contributed by atoms with E-state index in [1.54, 1.807) is 0 Å². The van der Waals surface area contributed by atoms with E-state index in [1.807, 2.05) is 0 Å². The molecule has 0 heterocycles. The molecule has 30 heavy (non-hydrogen) atoms. The summed E-state index contributed by atoms with van der Waals surface area (Å²) in [6.45, 7) is 27.3. The van der Waals surface area contributed by atoms with Crippen LogP contribution in [0.2, 0.25) is 78.6 Å². The summed E-state index contributed by atoms with van der Waals surface area (Å²) in [6.07, 6.45) is 0. The standard InChI is InChI=1S/C26H38Si4/c1-27(2,3)17-13-23-21-25(15-19-29(7,8)9)26(16-20-30(10,11)12)22-24(23)14-18-28(4,5)6/h21-22H,1-12H3. The van der Waals surface area contributed by atoms with E-state index in [-0.39, 0.29) is 0 Å². The van der Waals surface area contributed by atoms with E-state index in [1.165, 1.54) is 0 Å². The van der Waals surface area contributed by atoms with Gasteiger partial charge in [0.15, 0.2) is 0 Å². The molecule has 158 valence electrons. The highest BCUT2D eigenvalue weighted by Gasteiger charge is 2.13. The summed E-state index contributed by atoms with van der Waals surface area (Å²) in [6, 6.07) is 4.28. The molecule has 0 aliphatic carbocycles. The van der Waals surface area contributed by atoms with Gasteiger partial charge in [-0.05, 0) is 12.1 Å². The summed E-state index contributed by atoms with van der Waals surface area (Å²) < 4.78 is 0. The van der Waals surface area contributed by atoms with Crippen LogP contribution in [0.1, 0.15) is 22.3 Å². The lowest BCUT2D eigenvalue weighted by molar-refractivity contribution is 1.51. The van der Waals surface area contributed by atoms with Crippen LogP contribution >= 0.6 is 0 Å². The fraction of sp³-hybridized carbons (Fsp3) is 0.462. The first-order chi connectivity index (χ1) is 13.3. The van der Waals surface area contributed by atoms with Gasteiger partial charge in [0, 0.05) is 22.3 Å². The lowest BCUT2D eigenvalue weighted by atomic mass is 9.99. The Morgan fingerprint density at radius 2 is 0.533 bits per heavy atom. The van der Waals surface area contributed by atoms with Crippen LogP contribution < -0.4 is 0 Å². The molecule has 0 saturated heterocycles. The Bertz CT molecular complexity index is 865. The lowest BCUT2D eigenvalue weighted by Crippen LogP contribution is -2.17. The van der Waals surface area contributed by atoms with Crippen LogP contribution in [0.3, 0.4) is 0 Å². The summed E-state index contributed by atoms with van der Waals surface area (Å²) in [5.41, 5.74) is 18.1. The summed E-state index contributed by atoms with van der Waals surface area (Å²) >= 11 is 0. The topological polar surface area (TPSA) is 0 Å². The Balaban J connectivity index is 3.87. The molecule has 0 radical (unpaired) electrons. The summed E-state index contributed by atoms with van der Waals surface area (Å²) in [5.74, 6) is 13.8. The predicted molar refractivity (Wildman–Crippen MR) is 147 cm³/mol. The molecular formula is C26H38Si4. The maximum atomic E-state index is 3.51. The molecule has 0 aliphatic heterocycles. The van der Waals surface area contributed by atoms with Crippen molar-refractivity contribution in [2.24, 2.45) is 0 Å². The third kappa shape index (κ3) is 11.5. The average Bonchev–Trinajstić information content (AvgIpc) is 2.52. The van der Waals surface area contributed by atoms with Gasteiger partial charge in [0.05, 0.1) is 0 Å². The Hall–Kier alpha value is -1.67. The molecule has 0 fully saturated rings. The lowest BCUT2D eigenvalue weighted by Gasteiger charge is -2.09. The van der Waals surface area contributed by atoms with E-state index in [0.29, 0.717) is 0 Å². The molecule has 0 atom stereocenters. The van der Waals surface area contributed by atoms with Crippen molar-refractivity contribution >= 4 is 32.3 Å². The molecule has 0 nitrogen and oxygen atoms in total. The van der Waals surface area contributed by atoms with Crippen LogP contribution in [0.25, 0.3) is 0 Å². The minimum atomic E-state index is -1.49. The van der Waals surface area contributed by atoms with Gasteiger partial charge in [-0.15, -0.1) is 22.2 Å². The summed E-state index contributed by atoms with van der Waals surface area (Å²) in [7, 11) is -5.98. The molecule has 1 aromatic rings. The molecule has 0 aromatic heterocycles. The molecule has 1 rings (SSSR count). The largest absolute Gasteiger partial charge is 0.129 e. The van der Waals surface area contributed by atoms with Crippen LogP contribution in [-0.2, 0) is 0 Å². The number of benzene rings is 1. The van der Waals surface area contributed by atoms with Gasteiger partial charge in [-0.25, -0.2) is 0 Å². The second-order valence-electron chi connectivity index (χ2n) is 11.9. The minimum Gasteiger partial charge on any atom is -0.127 e. The first-order valence-corrected chi connectivity index (χ1v) is 24.7. The molecule has 0 aliphatic rings. The van der Waals surface area contributed by atoms with Crippen molar-refractivity contribution in [1.29, 1.82) is 0 Å². The van der Waals surface area contributed by atoms with Crippen molar-refractivity contribution in [2.45, 2.75) is 78.6 Å². The normalized spacial score (nSPS) is 11.6. The van der Waals surface area contributed by atoms with E-state index in [0.717, 1.165) is 22.3 Å². The molecule has 0 amide bonds. The Morgan fingerprint density at radius 3 is 0.667 bits per heavy atom. The molecule has 0 unspecified atom stereocenters. The molecular weight excluding hydrogens is 425 g/mol. The Labute approximate surface area is 190 Å². The number of hydrogen-bond donors (Lipinski definition) is 0. The fourth-order valence-electron chi connectivity index (χ4n) is 2.03. The maximum absolute atomic E-state index is 3.51. The molecule has 1 aromatic carbocycles. The van der Waals surface area contributed by atoms with Gasteiger partial charge in [0.25, 0.3) is 0 Å². The summed E-state index contributed by atoms with van der Waals surface area (Å²) in [5, 5.41) is 0. The van der Waals surface area contributed by atoms with Crippen molar-refractivity contribution in [2.75, 3.05) is 0 Å². The number of hydrogen-bond acceptors (Lipinski definition) is 0. The quantitative estimate of drug-likeness (QED) is 0.301. The Morgan fingerprint density at radius 1 is 0.367 bits per heavy atom. The monoisotopic (exact) mass is 462 g/mol. The van der Waals surface area contributed by atoms with E-state index < -0.39 is 32.3 Å². The van der Waals surface area contributed by atoms with E-state index in [2.05, 4.69) is 137 Å². The van der Waals surface area contributed by atoms with Gasteiger partial charge in [0.2, 0.25) is 0 Å². The van der Waals surface area contributed by atoms with Crippen LogP contribution in [0.5, 0.6) is 0 Å². The highest BCUT2D eigenvalue weighted by atomic mass is 28.3. The zero-order chi connectivity index (χ0) is 23.4. The van der Waals surface area contributed by atoms with Crippen molar-refractivity contribution in [3.05, 3.63) is 34.4 Å². The zero-order valence-electron chi connectivity index (χ0n) is 21.2. The number of rotatable bonds is 0. The highest BCUT2D eigenvalue weighted by molar-refractivity contribution is 6.85. The second kappa shape index (κ2) is 9.64. The van der Waals surface area contributed by atoms with E-state index in [9.17, 15) is 0 Å². The third-order valence-electron chi connectivity index (χ3n) is 3.45. The van der Waals surface area contributed by atoms with Crippen molar-refractivity contribution in [1.82, 2.24) is 0 Å². The van der Waals surface area contributed by atoms with Crippen molar-refractivity contribution < 1.29 is 0 Å². The van der Waals surface area contributed by atoms with Crippen LogP contribution in [-0.4, -0.2) is 32.3 Å². The van der Waals surface area contributed by atoms with Gasteiger partial charge >= 0.3 is 0 Å². The van der Waals surface area contributed by atoms with E-state index >= 15 is 0 Å². The molecule has 0 spiro atoms. The summed E-state index contributed by atoms with van der Waals surface area (Å²) in [4.78, 5) is 0. The SMILES string of the molecule is C[Si](C)(C)C#Cc1cc(C#C[Si](C)(C)C)c(C#C[Si](C)(C)C)cc1C#C[Si](C)(C)C. The van der Waals surface area contributed by atoms with Crippen LogP contribution in [0.15, 0.2) is 12.1 Å². The van der Waals surface area contributed by atoms with Gasteiger partial charge in [-0.2, -0.15) is 0 Å². The Kier molecular flexibility index (Phi) is 8.47. The van der Waals surface area contributed by atoms with Gasteiger partial charge in [0.1, 0.15) is 32.3 Å². The van der Waals surface area contributed by atoms with Gasteiger partial charge in [-0.3, -0.25) is 0 Å². The van der Waals surface area contributed by atoms with E-state index in [4.69, 9.17) is 0 Å². The third-order valence-corrected chi connectivity index (χ3v) is 6.95. The molecule has 0 saturated carbocycles. The fourth-order valence-corrected chi connectivity index (χ4v) is 4.07. The molecule has 0 bridgehead atoms. The first kappa shape index (κ1) is 26.4. The van der Waals surface area contributed by atoms with Crippen molar-refractivity contribution in [3.63, 3.8) is 0 Å². The van der Waals surface area contributed by atoms with Gasteiger partial charge in [-0.1, -0.05) is 102 Å². The predicted octanol–water partition coefficient (Wildman–Crippen LogP) is 6.60. The smallest absolute Gasteiger partial charge is 0.127 e. The highest BCUT2D eigenvalue weighted by Crippen LogP contribution is 2.17. The van der Waals surface area contributed by atoms with Crippen molar-refractivity contribution in [3.8, 4) is 45.9 Å². The van der Waals surface area contributed by atoms with Crippen LogP contribution in [0.4, 0.5) is 0 Å². The second-order valence-corrected chi connectivity index (χ2v) is 30.9. The first-order valence-electron chi connectivity index (χ1n) is 10.7. The van der Waals surface area contributed by atoms with Gasteiger partial charge < -0.3 is 0 Å². The van der Waals surface area contributed by atoms with Crippen LogP contribution in [0, 0.1) is 45.9 Å². The zero-order valence-corrected chi connectivity index (χ0v) is 25.2. The minimum absolute atomic E-state index is 1.00. The average molecular weight is 463 g/mol.